The zero-order chi connectivity index (χ0) is 12.1. The van der Waals surface area contributed by atoms with Gasteiger partial charge in [-0.3, -0.25) is 4.98 Å². The highest BCUT2D eigenvalue weighted by Gasteiger charge is 1.93. The van der Waals surface area contributed by atoms with Crippen LogP contribution in [0.5, 0.6) is 0 Å². The molecule has 1 aromatic heterocycles. The Hall–Kier alpha value is -2.09. The van der Waals surface area contributed by atoms with Crippen molar-refractivity contribution in [3.63, 3.8) is 0 Å². The molecule has 2 rings (SSSR count). The van der Waals surface area contributed by atoms with Crippen LogP contribution < -0.4 is 4.90 Å². The van der Waals surface area contributed by atoms with Gasteiger partial charge in [0.25, 0.3) is 0 Å². The van der Waals surface area contributed by atoms with Gasteiger partial charge in [0.05, 0.1) is 0 Å². The van der Waals surface area contributed by atoms with Crippen LogP contribution in [0, 0.1) is 0 Å². The van der Waals surface area contributed by atoms with Gasteiger partial charge in [0.15, 0.2) is 0 Å². The summed E-state index contributed by atoms with van der Waals surface area (Å²) in [7, 11) is 4.09. The summed E-state index contributed by atoms with van der Waals surface area (Å²) < 4.78 is 0. The summed E-state index contributed by atoms with van der Waals surface area (Å²) in [6.45, 7) is 0. The van der Waals surface area contributed by atoms with Gasteiger partial charge in [-0.2, -0.15) is 0 Å². The molecule has 0 aliphatic rings. The van der Waals surface area contributed by atoms with E-state index in [1.807, 2.05) is 26.2 Å². The third-order valence-corrected chi connectivity index (χ3v) is 2.58. The van der Waals surface area contributed by atoms with Crippen LogP contribution in [-0.4, -0.2) is 19.1 Å². The lowest BCUT2D eigenvalue weighted by atomic mass is 10.1. The van der Waals surface area contributed by atoms with Crippen LogP contribution in [0.4, 0.5) is 5.69 Å². The Labute approximate surface area is 102 Å². The zero-order valence-electron chi connectivity index (χ0n) is 10.2. The summed E-state index contributed by atoms with van der Waals surface area (Å²) >= 11 is 0. The Morgan fingerprint density at radius 2 is 1.35 bits per heavy atom. The average Bonchev–Trinajstić information content (AvgIpc) is 2.38. The Morgan fingerprint density at radius 1 is 0.824 bits per heavy atom. The van der Waals surface area contributed by atoms with Crippen molar-refractivity contribution in [1.29, 1.82) is 0 Å². The van der Waals surface area contributed by atoms with Crippen molar-refractivity contribution in [3.8, 4) is 0 Å². The first-order valence-corrected chi connectivity index (χ1v) is 5.61. The van der Waals surface area contributed by atoms with Gasteiger partial charge in [-0.1, -0.05) is 24.3 Å². The maximum Gasteiger partial charge on any atom is 0.0361 e. The number of nitrogens with zero attached hydrogens (tertiary/aromatic N) is 2. The van der Waals surface area contributed by atoms with E-state index in [0.29, 0.717) is 0 Å². The summed E-state index contributed by atoms with van der Waals surface area (Å²) in [6, 6.07) is 12.5. The molecule has 0 amide bonds. The van der Waals surface area contributed by atoms with Crippen molar-refractivity contribution < 1.29 is 0 Å². The molecule has 0 fully saturated rings. The summed E-state index contributed by atoms with van der Waals surface area (Å²) in [5.41, 5.74) is 3.58. The van der Waals surface area contributed by atoms with Gasteiger partial charge in [-0.25, -0.2) is 0 Å². The summed E-state index contributed by atoms with van der Waals surface area (Å²) in [5.74, 6) is 0. The van der Waals surface area contributed by atoms with Gasteiger partial charge in [-0.15, -0.1) is 0 Å². The molecule has 86 valence electrons. The second-order valence-electron chi connectivity index (χ2n) is 4.10. The van der Waals surface area contributed by atoms with Crippen molar-refractivity contribution in [3.05, 3.63) is 59.9 Å². The molecule has 0 radical (unpaired) electrons. The van der Waals surface area contributed by atoms with Gasteiger partial charge < -0.3 is 4.90 Å². The van der Waals surface area contributed by atoms with Gasteiger partial charge in [-0.05, 0) is 35.4 Å². The predicted octanol–water partition coefficient (Wildman–Crippen LogP) is 3.32. The molecule has 2 aromatic rings. The highest BCUT2D eigenvalue weighted by Crippen LogP contribution is 2.14. The maximum atomic E-state index is 3.99. The van der Waals surface area contributed by atoms with Crippen LogP contribution in [0.3, 0.4) is 0 Å². The van der Waals surface area contributed by atoms with E-state index in [4.69, 9.17) is 0 Å². The van der Waals surface area contributed by atoms with Crippen molar-refractivity contribution >= 4 is 17.8 Å². The molecule has 0 N–H and O–H groups in total. The smallest absolute Gasteiger partial charge is 0.0361 e. The molecule has 1 aromatic carbocycles. The van der Waals surface area contributed by atoms with Crippen molar-refractivity contribution in [2.45, 2.75) is 0 Å². The number of hydrogen-bond acceptors (Lipinski definition) is 2. The minimum Gasteiger partial charge on any atom is -0.378 e. The monoisotopic (exact) mass is 224 g/mol. The SMILES string of the molecule is CN(C)c1ccc(/C=C/c2ccncc2)cc1. The molecule has 0 aliphatic heterocycles. The van der Waals surface area contributed by atoms with Crippen molar-refractivity contribution in [2.24, 2.45) is 0 Å². The van der Waals surface area contributed by atoms with Crippen LogP contribution in [0.2, 0.25) is 0 Å². The fourth-order valence-corrected chi connectivity index (χ4v) is 1.55. The largest absolute Gasteiger partial charge is 0.378 e. The van der Waals surface area contributed by atoms with E-state index in [0.717, 1.165) is 5.56 Å². The van der Waals surface area contributed by atoms with Crippen LogP contribution in [-0.2, 0) is 0 Å². The third-order valence-electron chi connectivity index (χ3n) is 2.58. The zero-order valence-corrected chi connectivity index (χ0v) is 10.2. The normalized spacial score (nSPS) is 10.7. The van der Waals surface area contributed by atoms with E-state index < -0.39 is 0 Å². The maximum absolute atomic E-state index is 3.99. The highest BCUT2D eigenvalue weighted by molar-refractivity contribution is 5.70. The van der Waals surface area contributed by atoms with Gasteiger partial charge in [0.2, 0.25) is 0 Å². The van der Waals surface area contributed by atoms with Gasteiger partial charge in [0.1, 0.15) is 0 Å². The fraction of sp³-hybridized carbons (Fsp3) is 0.133. The molecular weight excluding hydrogens is 208 g/mol. The lowest BCUT2D eigenvalue weighted by Crippen LogP contribution is -2.07. The number of anilines is 1. The van der Waals surface area contributed by atoms with E-state index in [1.54, 1.807) is 12.4 Å². The molecule has 0 unspecified atom stereocenters. The van der Waals surface area contributed by atoms with Crippen molar-refractivity contribution in [2.75, 3.05) is 19.0 Å². The minimum absolute atomic E-state index is 1.16. The number of rotatable bonds is 3. The van der Waals surface area contributed by atoms with E-state index in [9.17, 15) is 0 Å². The Balaban J connectivity index is 2.12. The lowest BCUT2D eigenvalue weighted by Gasteiger charge is -2.11. The van der Waals surface area contributed by atoms with Gasteiger partial charge >= 0.3 is 0 Å². The second kappa shape index (κ2) is 5.30. The number of pyridine rings is 1. The number of hydrogen-bond donors (Lipinski definition) is 0. The molecule has 0 saturated carbocycles. The number of benzene rings is 1. The molecule has 2 heteroatoms. The predicted molar refractivity (Wildman–Crippen MR) is 73.9 cm³/mol. The molecule has 0 bridgehead atoms. The summed E-state index contributed by atoms with van der Waals surface area (Å²) in [5, 5.41) is 0. The lowest BCUT2D eigenvalue weighted by molar-refractivity contribution is 1.13. The standard InChI is InChI=1S/C15H16N2/c1-17(2)15-7-5-13(6-8-15)3-4-14-9-11-16-12-10-14/h3-12H,1-2H3/b4-3+. The fourth-order valence-electron chi connectivity index (χ4n) is 1.55. The average molecular weight is 224 g/mol. The topological polar surface area (TPSA) is 16.1 Å². The molecular formula is C15H16N2. The van der Waals surface area contributed by atoms with Crippen molar-refractivity contribution in [1.82, 2.24) is 4.98 Å². The van der Waals surface area contributed by atoms with Crippen LogP contribution >= 0.6 is 0 Å². The Kier molecular flexibility index (Phi) is 3.55. The van der Waals surface area contributed by atoms with Crippen LogP contribution in [0.15, 0.2) is 48.8 Å². The van der Waals surface area contributed by atoms with Gasteiger partial charge in [0, 0.05) is 32.2 Å². The Bertz CT molecular complexity index is 484. The molecule has 0 spiro atoms. The van der Waals surface area contributed by atoms with E-state index in [1.165, 1.54) is 11.3 Å². The van der Waals surface area contributed by atoms with E-state index >= 15 is 0 Å². The van der Waals surface area contributed by atoms with Crippen LogP contribution in [0.25, 0.3) is 12.2 Å². The molecule has 0 aliphatic carbocycles. The molecule has 1 heterocycles. The van der Waals surface area contributed by atoms with E-state index in [2.05, 4.69) is 46.3 Å². The summed E-state index contributed by atoms with van der Waals surface area (Å²) in [4.78, 5) is 6.09. The molecule has 0 saturated heterocycles. The quantitative estimate of drug-likeness (QED) is 0.795. The third kappa shape index (κ3) is 3.18. The highest BCUT2D eigenvalue weighted by atomic mass is 15.1. The first-order chi connectivity index (χ1) is 8.25. The second-order valence-corrected chi connectivity index (χ2v) is 4.10. The van der Waals surface area contributed by atoms with Crippen LogP contribution in [0.1, 0.15) is 11.1 Å². The number of aromatic nitrogens is 1. The summed E-state index contributed by atoms with van der Waals surface area (Å²) in [6.07, 6.45) is 7.80. The molecule has 0 atom stereocenters. The first-order valence-electron chi connectivity index (χ1n) is 5.61. The minimum atomic E-state index is 1.16. The van der Waals surface area contributed by atoms with E-state index in [-0.39, 0.29) is 0 Å². The first kappa shape index (κ1) is 11.4. The Morgan fingerprint density at radius 3 is 1.88 bits per heavy atom. The molecule has 17 heavy (non-hydrogen) atoms. The molecule has 2 nitrogen and oxygen atoms in total.